The van der Waals surface area contributed by atoms with Crippen LogP contribution < -0.4 is 5.32 Å². The summed E-state index contributed by atoms with van der Waals surface area (Å²) in [5.41, 5.74) is -0.893. The van der Waals surface area contributed by atoms with E-state index in [4.69, 9.17) is 0 Å². The Morgan fingerprint density at radius 2 is 2.11 bits per heavy atom. The van der Waals surface area contributed by atoms with E-state index >= 15 is 0 Å². The maximum atomic E-state index is 12.4. The minimum Gasteiger partial charge on any atom is -0.368 e. The molecule has 0 saturated heterocycles. The first kappa shape index (κ1) is 12.4. The molecule has 0 spiro atoms. The summed E-state index contributed by atoms with van der Waals surface area (Å²) in [4.78, 5) is 7.37. The van der Waals surface area contributed by atoms with Crippen LogP contribution in [0.3, 0.4) is 0 Å². The van der Waals surface area contributed by atoms with Crippen LogP contribution in [0.5, 0.6) is 0 Å². The van der Waals surface area contributed by atoms with Crippen molar-refractivity contribution in [2.24, 2.45) is 0 Å². The number of alkyl halides is 3. The maximum Gasteiger partial charge on any atom is 0.433 e. The summed E-state index contributed by atoms with van der Waals surface area (Å²) in [6.45, 7) is 1.09. The number of anilines is 1. The second-order valence-corrected chi connectivity index (χ2v) is 3.63. The molecule has 2 rings (SSSR count). The minimum absolute atomic E-state index is 0.213. The van der Waals surface area contributed by atoms with Gasteiger partial charge in [0.05, 0.1) is 6.33 Å². The van der Waals surface area contributed by atoms with Crippen molar-refractivity contribution in [3.63, 3.8) is 0 Å². The van der Waals surface area contributed by atoms with Gasteiger partial charge in [-0.15, -0.1) is 0 Å². The second kappa shape index (κ2) is 5.07. The highest BCUT2D eigenvalue weighted by Gasteiger charge is 2.32. The van der Waals surface area contributed by atoms with Gasteiger partial charge in [-0.1, -0.05) is 6.07 Å². The van der Waals surface area contributed by atoms with E-state index in [0.717, 1.165) is 6.07 Å². The SMILES string of the molecule is FC(F)(F)c1cccc(NCCn2ccnc2)n1. The fourth-order valence-electron chi connectivity index (χ4n) is 1.42. The number of imidazole rings is 1. The third kappa shape index (κ3) is 3.22. The Kier molecular flexibility index (Phi) is 3.50. The fourth-order valence-corrected chi connectivity index (χ4v) is 1.42. The average molecular weight is 256 g/mol. The van der Waals surface area contributed by atoms with Crippen LogP contribution in [0.4, 0.5) is 19.0 Å². The maximum absolute atomic E-state index is 12.4. The molecule has 0 bridgehead atoms. The molecule has 0 saturated carbocycles. The lowest BCUT2D eigenvalue weighted by molar-refractivity contribution is -0.141. The molecule has 0 amide bonds. The van der Waals surface area contributed by atoms with Crippen molar-refractivity contribution in [1.29, 1.82) is 0 Å². The average Bonchev–Trinajstić information content (AvgIpc) is 2.81. The topological polar surface area (TPSA) is 42.7 Å². The molecule has 2 aromatic heterocycles. The van der Waals surface area contributed by atoms with Crippen LogP contribution in [0.15, 0.2) is 36.9 Å². The molecule has 4 nitrogen and oxygen atoms in total. The van der Waals surface area contributed by atoms with Crippen molar-refractivity contribution >= 4 is 5.82 Å². The van der Waals surface area contributed by atoms with Crippen LogP contribution in [-0.4, -0.2) is 21.1 Å². The first-order chi connectivity index (χ1) is 8.55. The predicted molar refractivity (Wildman–Crippen MR) is 60.0 cm³/mol. The summed E-state index contributed by atoms with van der Waals surface area (Å²) in [6, 6.07) is 3.78. The van der Waals surface area contributed by atoms with Crippen molar-refractivity contribution in [2.45, 2.75) is 12.7 Å². The summed E-state index contributed by atoms with van der Waals surface area (Å²) < 4.78 is 39.1. The van der Waals surface area contributed by atoms with Crippen molar-refractivity contribution in [2.75, 3.05) is 11.9 Å². The number of hydrogen-bond acceptors (Lipinski definition) is 3. The molecule has 0 atom stereocenters. The standard InChI is InChI=1S/C11H11F3N4/c12-11(13,14)9-2-1-3-10(17-9)16-5-7-18-6-4-15-8-18/h1-4,6,8H,5,7H2,(H,16,17). The summed E-state index contributed by atoms with van der Waals surface area (Å²) >= 11 is 0. The minimum atomic E-state index is -4.41. The molecule has 2 heterocycles. The fraction of sp³-hybridized carbons (Fsp3) is 0.273. The van der Waals surface area contributed by atoms with Gasteiger partial charge < -0.3 is 9.88 Å². The highest BCUT2D eigenvalue weighted by Crippen LogP contribution is 2.27. The highest BCUT2D eigenvalue weighted by molar-refractivity contribution is 5.35. The van der Waals surface area contributed by atoms with Crippen LogP contribution in [0, 0.1) is 0 Å². The van der Waals surface area contributed by atoms with Crippen LogP contribution in [0.25, 0.3) is 0 Å². The highest BCUT2D eigenvalue weighted by atomic mass is 19.4. The van der Waals surface area contributed by atoms with Gasteiger partial charge in [0.2, 0.25) is 0 Å². The van der Waals surface area contributed by atoms with E-state index in [2.05, 4.69) is 15.3 Å². The third-order valence-corrected chi connectivity index (χ3v) is 2.27. The Balaban J connectivity index is 1.93. The Morgan fingerprint density at radius 1 is 1.28 bits per heavy atom. The normalized spacial score (nSPS) is 11.5. The molecule has 0 unspecified atom stereocenters. The van der Waals surface area contributed by atoms with E-state index in [-0.39, 0.29) is 5.82 Å². The zero-order valence-corrected chi connectivity index (χ0v) is 9.35. The molecule has 0 fully saturated rings. The van der Waals surface area contributed by atoms with Gasteiger partial charge in [-0.3, -0.25) is 0 Å². The number of nitrogens with zero attached hydrogens (tertiary/aromatic N) is 3. The van der Waals surface area contributed by atoms with Crippen LogP contribution in [0.1, 0.15) is 5.69 Å². The smallest absolute Gasteiger partial charge is 0.368 e. The number of aromatic nitrogens is 3. The van der Waals surface area contributed by atoms with Gasteiger partial charge in [0.15, 0.2) is 0 Å². The molecule has 0 aromatic carbocycles. The van der Waals surface area contributed by atoms with Crippen LogP contribution in [-0.2, 0) is 12.7 Å². The van der Waals surface area contributed by atoms with Gasteiger partial charge >= 0.3 is 6.18 Å². The monoisotopic (exact) mass is 256 g/mol. The molecule has 1 N–H and O–H groups in total. The van der Waals surface area contributed by atoms with E-state index in [9.17, 15) is 13.2 Å². The van der Waals surface area contributed by atoms with Gasteiger partial charge in [-0.25, -0.2) is 9.97 Å². The van der Waals surface area contributed by atoms with Gasteiger partial charge in [0, 0.05) is 25.5 Å². The largest absolute Gasteiger partial charge is 0.433 e. The predicted octanol–water partition coefficient (Wildman–Crippen LogP) is 2.41. The van der Waals surface area contributed by atoms with Gasteiger partial charge in [-0.05, 0) is 12.1 Å². The van der Waals surface area contributed by atoms with Gasteiger partial charge in [0.1, 0.15) is 11.5 Å². The molecule has 7 heteroatoms. The molecule has 2 aromatic rings. The molecular formula is C11H11F3N4. The van der Waals surface area contributed by atoms with Gasteiger partial charge in [-0.2, -0.15) is 13.2 Å². The van der Waals surface area contributed by atoms with E-state index in [0.29, 0.717) is 13.1 Å². The number of pyridine rings is 1. The van der Waals surface area contributed by atoms with E-state index in [1.54, 1.807) is 18.7 Å². The van der Waals surface area contributed by atoms with Gasteiger partial charge in [0.25, 0.3) is 0 Å². The van der Waals surface area contributed by atoms with Crippen molar-refractivity contribution < 1.29 is 13.2 Å². The van der Waals surface area contributed by atoms with Crippen molar-refractivity contribution in [1.82, 2.24) is 14.5 Å². The van der Waals surface area contributed by atoms with E-state index < -0.39 is 11.9 Å². The first-order valence-electron chi connectivity index (χ1n) is 5.29. The van der Waals surface area contributed by atoms with E-state index in [1.165, 1.54) is 12.1 Å². The number of nitrogens with one attached hydrogen (secondary N) is 1. The molecular weight excluding hydrogens is 245 g/mol. The Hall–Kier alpha value is -2.05. The first-order valence-corrected chi connectivity index (χ1v) is 5.29. The number of rotatable bonds is 4. The molecule has 96 valence electrons. The number of hydrogen-bond donors (Lipinski definition) is 1. The summed E-state index contributed by atoms with van der Waals surface area (Å²) in [5.74, 6) is 0.213. The van der Waals surface area contributed by atoms with Crippen LogP contribution >= 0.6 is 0 Å². The van der Waals surface area contributed by atoms with Crippen molar-refractivity contribution in [3.8, 4) is 0 Å². The Labute approximate surface area is 101 Å². The van der Waals surface area contributed by atoms with E-state index in [1.807, 2.05) is 4.57 Å². The lowest BCUT2D eigenvalue weighted by Gasteiger charge is -2.09. The second-order valence-electron chi connectivity index (χ2n) is 3.63. The molecule has 0 aliphatic rings. The summed E-state index contributed by atoms with van der Waals surface area (Å²) in [6.07, 6.45) is 0.646. The summed E-state index contributed by atoms with van der Waals surface area (Å²) in [7, 11) is 0. The zero-order chi connectivity index (χ0) is 13.0. The van der Waals surface area contributed by atoms with Crippen LogP contribution in [0.2, 0.25) is 0 Å². The lowest BCUT2D eigenvalue weighted by atomic mass is 10.3. The quantitative estimate of drug-likeness (QED) is 0.913. The van der Waals surface area contributed by atoms with Crippen molar-refractivity contribution in [3.05, 3.63) is 42.6 Å². The molecule has 18 heavy (non-hydrogen) atoms. The number of halogens is 3. The zero-order valence-electron chi connectivity index (χ0n) is 9.35. The summed E-state index contributed by atoms with van der Waals surface area (Å²) in [5, 5.41) is 2.84. The molecule has 0 radical (unpaired) electrons. The Morgan fingerprint density at radius 3 is 2.78 bits per heavy atom. The Bertz CT molecular complexity index is 493. The lowest BCUT2D eigenvalue weighted by Crippen LogP contribution is -2.13. The third-order valence-electron chi connectivity index (χ3n) is 2.27. The molecule has 0 aliphatic heterocycles. The molecule has 0 aliphatic carbocycles.